The predicted octanol–water partition coefficient (Wildman–Crippen LogP) is 5.30. The molecule has 0 aromatic rings. The first-order valence-corrected chi connectivity index (χ1v) is 10.1. The van der Waals surface area contributed by atoms with E-state index in [1.807, 2.05) is 13.8 Å². The number of unbranched alkanes of at least 4 members (excludes halogenated alkanes) is 7. The van der Waals surface area contributed by atoms with Gasteiger partial charge < -0.3 is 14.2 Å². The molecule has 1 heterocycles. The van der Waals surface area contributed by atoms with Crippen molar-refractivity contribution in [2.24, 2.45) is 0 Å². The Bertz CT molecular complexity index is 457. The smallest absolute Gasteiger partial charge is 0.303 e. The Morgan fingerprint density at radius 3 is 2.48 bits per heavy atom. The van der Waals surface area contributed by atoms with Crippen molar-refractivity contribution in [3.8, 4) is 0 Å². The number of hydrogen-bond acceptors (Lipinski definition) is 4. The highest BCUT2D eigenvalue weighted by Crippen LogP contribution is 2.48. The van der Waals surface area contributed by atoms with Crippen LogP contribution in [0.1, 0.15) is 91.9 Å². The average Bonchev–Trinajstić information content (AvgIpc) is 2.96. The summed E-state index contributed by atoms with van der Waals surface area (Å²) in [6.07, 6.45) is 15.9. The van der Waals surface area contributed by atoms with Crippen LogP contribution in [-0.2, 0) is 19.0 Å². The lowest BCUT2D eigenvalue weighted by Gasteiger charge is -2.31. The maximum absolute atomic E-state index is 11.5. The Labute approximate surface area is 153 Å². The highest BCUT2D eigenvalue weighted by molar-refractivity contribution is 5.66. The number of esters is 1. The molecule has 144 valence electrons. The second-order valence-electron chi connectivity index (χ2n) is 7.95. The number of allylic oxidation sites excluding steroid dienone is 1. The first-order valence-electron chi connectivity index (χ1n) is 10.1. The van der Waals surface area contributed by atoms with Gasteiger partial charge in [0.25, 0.3) is 0 Å². The summed E-state index contributed by atoms with van der Waals surface area (Å²) in [4.78, 5) is 11.5. The molecule has 0 aromatic carbocycles. The Kier molecular flexibility index (Phi) is 7.51. The lowest BCUT2D eigenvalue weighted by Crippen LogP contribution is -2.45. The van der Waals surface area contributed by atoms with Crippen molar-refractivity contribution in [3.05, 3.63) is 12.2 Å². The van der Waals surface area contributed by atoms with Gasteiger partial charge in [-0.2, -0.15) is 0 Å². The summed E-state index contributed by atoms with van der Waals surface area (Å²) in [7, 11) is 0. The highest BCUT2D eigenvalue weighted by atomic mass is 16.8. The molecule has 2 rings (SSSR count). The van der Waals surface area contributed by atoms with Crippen molar-refractivity contribution in [1.29, 1.82) is 0 Å². The SMILES string of the molecule is CCCCCCCCC/C=C\[C@@]12OC(C)(C)O[C@@H]1CC[C@H]2OC(C)=O. The molecule has 0 aromatic heterocycles. The molecule has 2 aliphatic rings. The van der Waals surface area contributed by atoms with E-state index in [9.17, 15) is 4.79 Å². The van der Waals surface area contributed by atoms with Gasteiger partial charge in [-0.25, -0.2) is 0 Å². The fraction of sp³-hybridized carbons (Fsp3) is 0.857. The number of rotatable bonds is 10. The summed E-state index contributed by atoms with van der Waals surface area (Å²) in [5.74, 6) is -0.883. The van der Waals surface area contributed by atoms with Crippen LogP contribution in [0, 0.1) is 0 Å². The fourth-order valence-corrected chi connectivity index (χ4v) is 4.12. The lowest BCUT2D eigenvalue weighted by atomic mass is 9.95. The van der Waals surface area contributed by atoms with E-state index in [2.05, 4.69) is 19.1 Å². The molecule has 3 atom stereocenters. The van der Waals surface area contributed by atoms with Gasteiger partial charge in [0.05, 0.1) is 6.10 Å². The van der Waals surface area contributed by atoms with Crippen LogP contribution in [0.5, 0.6) is 0 Å². The van der Waals surface area contributed by atoms with Gasteiger partial charge in [0.1, 0.15) is 6.10 Å². The van der Waals surface area contributed by atoms with Crippen molar-refractivity contribution in [2.45, 2.75) is 115 Å². The molecular formula is C21H36O4. The molecule has 0 amide bonds. The molecule has 0 bridgehead atoms. The Balaban J connectivity index is 1.85. The van der Waals surface area contributed by atoms with Crippen LogP contribution in [0.2, 0.25) is 0 Å². The summed E-state index contributed by atoms with van der Waals surface area (Å²) in [6, 6.07) is 0. The predicted molar refractivity (Wildman–Crippen MR) is 99.3 cm³/mol. The Morgan fingerprint density at radius 2 is 1.80 bits per heavy atom. The minimum Gasteiger partial charge on any atom is -0.459 e. The number of carbonyl (C=O) groups excluding carboxylic acids is 1. The van der Waals surface area contributed by atoms with E-state index >= 15 is 0 Å². The van der Waals surface area contributed by atoms with Gasteiger partial charge in [-0.05, 0) is 39.5 Å². The minimum atomic E-state index is -0.632. The third-order valence-electron chi connectivity index (χ3n) is 5.21. The van der Waals surface area contributed by atoms with Crippen LogP contribution < -0.4 is 0 Å². The summed E-state index contributed by atoms with van der Waals surface area (Å²) in [5, 5.41) is 0. The molecule has 0 N–H and O–H groups in total. The van der Waals surface area contributed by atoms with Crippen molar-refractivity contribution < 1.29 is 19.0 Å². The largest absolute Gasteiger partial charge is 0.459 e. The number of ether oxygens (including phenoxy) is 3. The topological polar surface area (TPSA) is 44.8 Å². The molecule has 1 aliphatic heterocycles. The van der Waals surface area contributed by atoms with Crippen molar-refractivity contribution >= 4 is 5.97 Å². The molecule has 1 saturated carbocycles. The quantitative estimate of drug-likeness (QED) is 0.304. The van der Waals surface area contributed by atoms with Crippen LogP contribution in [0.4, 0.5) is 0 Å². The molecule has 1 aliphatic carbocycles. The van der Waals surface area contributed by atoms with Gasteiger partial charge in [-0.1, -0.05) is 57.6 Å². The molecule has 1 saturated heterocycles. The lowest BCUT2D eigenvalue weighted by molar-refractivity contribution is -0.187. The van der Waals surface area contributed by atoms with Crippen LogP contribution in [0.3, 0.4) is 0 Å². The zero-order valence-electron chi connectivity index (χ0n) is 16.5. The molecule has 4 nitrogen and oxygen atoms in total. The summed E-state index contributed by atoms with van der Waals surface area (Å²) in [6.45, 7) is 7.58. The highest BCUT2D eigenvalue weighted by Gasteiger charge is 2.61. The molecule has 2 fully saturated rings. The molecule has 0 radical (unpaired) electrons. The van der Waals surface area contributed by atoms with Crippen molar-refractivity contribution in [3.63, 3.8) is 0 Å². The summed E-state index contributed by atoms with van der Waals surface area (Å²) >= 11 is 0. The van der Waals surface area contributed by atoms with Crippen molar-refractivity contribution in [1.82, 2.24) is 0 Å². The van der Waals surface area contributed by atoms with E-state index in [1.54, 1.807) is 0 Å². The zero-order chi connectivity index (χ0) is 18.3. The van der Waals surface area contributed by atoms with E-state index < -0.39 is 11.4 Å². The molecule has 4 heteroatoms. The standard InChI is InChI=1S/C21H36O4/c1-5-6-7-8-9-10-11-12-13-16-21-18(23-17(2)22)14-15-19(21)24-20(3,4)25-21/h13,16,18-19H,5-12,14-15H2,1-4H3/b16-13-/t18-,19-,21+/m1/s1. The van der Waals surface area contributed by atoms with E-state index in [0.29, 0.717) is 0 Å². The molecule has 25 heavy (non-hydrogen) atoms. The maximum atomic E-state index is 11.5. The number of carbonyl (C=O) groups is 1. The first-order chi connectivity index (χ1) is 11.9. The van der Waals surface area contributed by atoms with Crippen LogP contribution in [0.25, 0.3) is 0 Å². The van der Waals surface area contributed by atoms with E-state index in [-0.39, 0.29) is 18.2 Å². The van der Waals surface area contributed by atoms with Crippen LogP contribution in [-0.4, -0.2) is 29.6 Å². The van der Waals surface area contributed by atoms with Crippen molar-refractivity contribution in [2.75, 3.05) is 0 Å². The van der Waals surface area contributed by atoms with Crippen LogP contribution in [0.15, 0.2) is 12.2 Å². The van der Waals surface area contributed by atoms with E-state index in [4.69, 9.17) is 14.2 Å². The van der Waals surface area contributed by atoms with Gasteiger partial charge >= 0.3 is 5.97 Å². The molecule has 0 unspecified atom stereocenters. The minimum absolute atomic E-state index is 0.0304. The second-order valence-corrected chi connectivity index (χ2v) is 7.95. The summed E-state index contributed by atoms with van der Waals surface area (Å²) in [5.41, 5.74) is -0.615. The number of hydrogen-bond donors (Lipinski definition) is 0. The zero-order valence-corrected chi connectivity index (χ0v) is 16.5. The normalized spacial score (nSPS) is 30.7. The maximum Gasteiger partial charge on any atom is 0.303 e. The first kappa shape index (κ1) is 20.4. The van der Waals surface area contributed by atoms with Gasteiger partial charge in [-0.15, -0.1) is 0 Å². The average molecular weight is 353 g/mol. The number of fused-ring (bicyclic) bond motifs is 1. The fourth-order valence-electron chi connectivity index (χ4n) is 4.12. The van der Waals surface area contributed by atoms with Gasteiger partial charge in [0.15, 0.2) is 11.4 Å². The van der Waals surface area contributed by atoms with Crippen LogP contribution >= 0.6 is 0 Å². The Morgan fingerprint density at radius 1 is 1.12 bits per heavy atom. The third-order valence-corrected chi connectivity index (χ3v) is 5.21. The van der Waals surface area contributed by atoms with Gasteiger partial charge in [0, 0.05) is 6.92 Å². The van der Waals surface area contributed by atoms with Gasteiger partial charge in [-0.3, -0.25) is 4.79 Å². The monoisotopic (exact) mass is 352 g/mol. The molecule has 0 spiro atoms. The summed E-state index contributed by atoms with van der Waals surface area (Å²) < 4.78 is 17.9. The molecular weight excluding hydrogens is 316 g/mol. The second kappa shape index (κ2) is 9.18. The van der Waals surface area contributed by atoms with E-state index in [1.165, 1.54) is 51.9 Å². The van der Waals surface area contributed by atoms with E-state index in [0.717, 1.165) is 19.3 Å². The van der Waals surface area contributed by atoms with Gasteiger partial charge in [0.2, 0.25) is 0 Å². The third kappa shape index (κ3) is 5.55. The Hall–Kier alpha value is -0.870.